The molecule has 2 heterocycles. The lowest BCUT2D eigenvalue weighted by Gasteiger charge is -2.39. The molecule has 1 N–H and O–H groups in total. The van der Waals surface area contributed by atoms with Crippen LogP contribution in [0.25, 0.3) is 16.5 Å². The van der Waals surface area contributed by atoms with E-state index in [1.807, 2.05) is 0 Å². The van der Waals surface area contributed by atoms with E-state index < -0.39 is 0 Å². The van der Waals surface area contributed by atoms with Gasteiger partial charge in [0.2, 0.25) is 0 Å². The third kappa shape index (κ3) is 2.77. The van der Waals surface area contributed by atoms with Gasteiger partial charge in [0.05, 0.1) is 4.60 Å². The maximum absolute atomic E-state index is 11.7. The van der Waals surface area contributed by atoms with Gasteiger partial charge in [-0.1, -0.05) is 18.2 Å². The van der Waals surface area contributed by atoms with Crippen LogP contribution in [0.2, 0.25) is 0 Å². The molecule has 0 spiro atoms. The van der Waals surface area contributed by atoms with Crippen LogP contribution in [0.15, 0.2) is 28.9 Å². The molecular formula is C19H22BrN3O2. The number of likely N-dealkylation sites (N-methyl/N-ethyl adjacent to an activating group) is 1. The number of nitrogens with one attached hydrogen (secondary N) is 1. The Bertz CT molecular complexity index is 871. The molecule has 1 unspecified atom stereocenters. The van der Waals surface area contributed by atoms with Crippen LogP contribution < -0.4 is 0 Å². The van der Waals surface area contributed by atoms with Crippen molar-refractivity contribution in [3.05, 3.63) is 40.0 Å². The van der Waals surface area contributed by atoms with Crippen LogP contribution >= 0.6 is 15.9 Å². The second-order valence-electron chi connectivity index (χ2n) is 7.16. The first kappa shape index (κ1) is 16.7. The molecule has 4 rings (SSSR count). The number of aromatic amines is 1. The van der Waals surface area contributed by atoms with Gasteiger partial charge in [-0.2, -0.15) is 0 Å². The largest absolute Gasteiger partial charge is 0.449 e. The number of H-pyrrole nitrogens is 1. The van der Waals surface area contributed by atoms with Crippen molar-refractivity contribution >= 4 is 38.5 Å². The van der Waals surface area contributed by atoms with Gasteiger partial charge in [-0.25, -0.2) is 4.79 Å². The van der Waals surface area contributed by atoms with E-state index in [-0.39, 0.29) is 12.0 Å². The molecule has 132 valence electrons. The van der Waals surface area contributed by atoms with E-state index in [2.05, 4.69) is 57.1 Å². The normalized spacial score (nSPS) is 22.5. The van der Waals surface area contributed by atoms with E-state index in [0.717, 1.165) is 17.6 Å². The number of amides is 1. The minimum absolute atomic E-state index is 0.208. The predicted molar refractivity (Wildman–Crippen MR) is 103 cm³/mol. The zero-order valence-electron chi connectivity index (χ0n) is 14.7. The molecule has 1 aromatic heterocycles. The van der Waals surface area contributed by atoms with E-state index in [9.17, 15) is 4.79 Å². The van der Waals surface area contributed by atoms with E-state index in [4.69, 9.17) is 4.74 Å². The van der Waals surface area contributed by atoms with Crippen LogP contribution in [0.1, 0.15) is 11.1 Å². The van der Waals surface area contributed by atoms with E-state index in [1.54, 1.807) is 14.1 Å². The minimum Gasteiger partial charge on any atom is -0.449 e. The van der Waals surface area contributed by atoms with Crippen LogP contribution in [0.5, 0.6) is 0 Å². The molecule has 6 heteroatoms. The second-order valence-corrected chi connectivity index (χ2v) is 7.95. The number of benzene rings is 1. The highest BCUT2D eigenvalue weighted by molar-refractivity contribution is 9.10. The first-order valence-corrected chi connectivity index (χ1v) is 9.30. The molecule has 25 heavy (non-hydrogen) atoms. The van der Waals surface area contributed by atoms with Gasteiger partial charge >= 0.3 is 6.09 Å². The third-order valence-corrected chi connectivity index (χ3v) is 5.88. The van der Waals surface area contributed by atoms with Gasteiger partial charge in [0.15, 0.2) is 0 Å². The van der Waals surface area contributed by atoms with Crippen LogP contribution in [0.4, 0.5) is 4.79 Å². The smallest absolute Gasteiger partial charge is 0.409 e. The number of carbonyl (C=O) groups excluding carboxylic acids is 1. The predicted octanol–water partition coefficient (Wildman–Crippen LogP) is 3.50. The lowest BCUT2D eigenvalue weighted by molar-refractivity contribution is 0.0978. The number of hydrogen-bond donors (Lipinski definition) is 1. The maximum atomic E-state index is 11.7. The molecule has 0 fully saturated rings. The molecule has 0 saturated carbocycles. The number of hydrogen-bond acceptors (Lipinski definition) is 3. The summed E-state index contributed by atoms with van der Waals surface area (Å²) in [7, 11) is 5.57. The second kappa shape index (κ2) is 6.18. The molecule has 0 bridgehead atoms. The standard InChI is InChI=1S/C19H22BrN3O2/c1-22(2)19(24)25-10-11-7-13-12-5-4-6-15-17(12)14(18(20)21-15)8-16(13)23(3)9-11/h4-7,11,16,21H,8-10H2,1-3H3/t11?,16-/m1/s1. The summed E-state index contributed by atoms with van der Waals surface area (Å²) in [6.07, 6.45) is 3.02. The molecular weight excluding hydrogens is 382 g/mol. The van der Waals surface area contributed by atoms with Crippen molar-refractivity contribution in [2.45, 2.75) is 12.5 Å². The van der Waals surface area contributed by atoms with Gasteiger partial charge in [0.1, 0.15) is 6.61 Å². The fourth-order valence-electron chi connectivity index (χ4n) is 4.01. The van der Waals surface area contributed by atoms with Crippen LogP contribution in [0.3, 0.4) is 0 Å². The molecule has 0 saturated heterocycles. The SMILES string of the molecule is CN(C)C(=O)OCC1C=C2c3cccc4[nH]c(Br)c(c34)C[C@H]2N(C)C1. The topological polar surface area (TPSA) is 48.6 Å². The summed E-state index contributed by atoms with van der Waals surface area (Å²) < 4.78 is 6.51. The Labute approximate surface area is 155 Å². The summed E-state index contributed by atoms with van der Waals surface area (Å²) in [5, 5.41) is 1.32. The van der Waals surface area contributed by atoms with E-state index in [1.165, 1.54) is 32.5 Å². The maximum Gasteiger partial charge on any atom is 0.409 e. The van der Waals surface area contributed by atoms with E-state index >= 15 is 0 Å². The fourth-order valence-corrected chi connectivity index (χ4v) is 4.58. The molecule has 0 radical (unpaired) electrons. The average Bonchev–Trinajstić information content (AvgIpc) is 2.90. The highest BCUT2D eigenvalue weighted by atomic mass is 79.9. The van der Waals surface area contributed by atoms with Crippen molar-refractivity contribution in [1.29, 1.82) is 0 Å². The number of fused-ring (bicyclic) bond motifs is 2. The molecule has 5 nitrogen and oxygen atoms in total. The summed E-state index contributed by atoms with van der Waals surface area (Å²) >= 11 is 3.68. The Morgan fingerprint density at radius 3 is 3.00 bits per heavy atom. The number of carbonyl (C=O) groups is 1. The first-order chi connectivity index (χ1) is 12.0. The van der Waals surface area contributed by atoms with Crippen molar-refractivity contribution in [3.8, 4) is 0 Å². The number of ether oxygens (including phenoxy) is 1. The zero-order chi connectivity index (χ0) is 17.7. The summed E-state index contributed by atoms with van der Waals surface area (Å²) in [5.74, 6) is 0.208. The van der Waals surface area contributed by atoms with Gasteiger partial charge in [-0.3, -0.25) is 4.90 Å². The molecule has 1 aliphatic heterocycles. The average molecular weight is 404 g/mol. The first-order valence-electron chi connectivity index (χ1n) is 8.51. The third-order valence-electron chi connectivity index (χ3n) is 5.20. The lowest BCUT2D eigenvalue weighted by Crippen LogP contribution is -2.43. The molecule has 2 aliphatic rings. The van der Waals surface area contributed by atoms with Crippen molar-refractivity contribution in [1.82, 2.24) is 14.8 Å². The number of aromatic nitrogens is 1. The van der Waals surface area contributed by atoms with Crippen LogP contribution in [-0.2, 0) is 11.2 Å². The Morgan fingerprint density at radius 2 is 2.24 bits per heavy atom. The van der Waals surface area contributed by atoms with Gasteiger partial charge in [0.25, 0.3) is 0 Å². The van der Waals surface area contributed by atoms with Gasteiger partial charge in [-0.05, 0) is 52.2 Å². The fraction of sp³-hybridized carbons (Fsp3) is 0.421. The zero-order valence-corrected chi connectivity index (χ0v) is 16.3. The Morgan fingerprint density at radius 1 is 1.44 bits per heavy atom. The molecule has 2 atom stereocenters. The van der Waals surface area contributed by atoms with Crippen molar-refractivity contribution < 1.29 is 9.53 Å². The number of rotatable bonds is 2. The van der Waals surface area contributed by atoms with Crippen LogP contribution in [-0.4, -0.2) is 61.2 Å². The van der Waals surface area contributed by atoms with Crippen molar-refractivity contribution in [3.63, 3.8) is 0 Å². The van der Waals surface area contributed by atoms with Crippen molar-refractivity contribution in [2.75, 3.05) is 34.3 Å². The molecule has 1 amide bonds. The molecule has 1 aliphatic carbocycles. The molecule has 2 aromatic rings. The molecule has 1 aromatic carbocycles. The Hall–Kier alpha value is -1.79. The number of nitrogens with zero attached hydrogens (tertiary/aromatic N) is 2. The quantitative estimate of drug-likeness (QED) is 0.834. The highest BCUT2D eigenvalue weighted by Gasteiger charge is 2.35. The lowest BCUT2D eigenvalue weighted by atomic mass is 9.80. The van der Waals surface area contributed by atoms with Gasteiger partial charge in [-0.15, -0.1) is 0 Å². The van der Waals surface area contributed by atoms with Gasteiger partial charge in [0, 0.05) is 43.5 Å². The summed E-state index contributed by atoms with van der Waals surface area (Å²) in [5.41, 5.74) is 5.17. The monoisotopic (exact) mass is 403 g/mol. The highest BCUT2D eigenvalue weighted by Crippen LogP contribution is 2.43. The van der Waals surface area contributed by atoms with Gasteiger partial charge < -0.3 is 14.6 Å². The number of halogens is 1. The van der Waals surface area contributed by atoms with E-state index in [0.29, 0.717) is 12.6 Å². The Balaban J connectivity index is 1.70. The summed E-state index contributed by atoms with van der Waals surface area (Å²) in [6, 6.07) is 6.79. The van der Waals surface area contributed by atoms with Crippen LogP contribution in [0, 0.1) is 5.92 Å². The minimum atomic E-state index is -0.286. The summed E-state index contributed by atoms with van der Waals surface area (Å²) in [4.78, 5) is 19.0. The Kier molecular flexibility index (Phi) is 4.12. The summed E-state index contributed by atoms with van der Waals surface area (Å²) in [6.45, 7) is 1.31. The van der Waals surface area contributed by atoms with Crippen molar-refractivity contribution in [2.24, 2.45) is 5.92 Å².